The van der Waals surface area contributed by atoms with Crippen LogP contribution in [0.1, 0.15) is 24.4 Å². The molecule has 116 valence electrons. The molecule has 0 bridgehead atoms. The highest BCUT2D eigenvalue weighted by molar-refractivity contribution is 14.1. The van der Waals surface area contributed by atoms with E-state index >= 15 is 0 Å². The molecule has 0 spiro atoms. The van der Waals surface area contributed by atoms with Crippen LogP contribution in [0, 0.1) is 7.40 Å². The van der Waals surface area contributed by atoms with Crippen LogP contribution >= 0.6 is 56.5 Å². The van der Waals surface area contributed by atoms with Gasteiger partial charge in [0.15, 0.2) is 0 Å². The molecule has 4 nitrogen and oxygen atoms in total. The van der Waals surface area contributed by atoms with Crippen LogP contribution in [0.25, 0.3) is 10.1 Å². The Labute approximate surface area is 159 Å². The van der Waals surface area contributed by atoms with Crippen molar-refractivity contribution in [3.8, 4) is 0 Å². The quantitative estimate of drug-likeness (QED) is 0.489. The zero-order valence-corrected chi connectivity index (χ0v) is 16.9. The summed E-state index contributed by atoms with van der Waals surface area (Å²) in [6.45, 7) is 2.98. The third-order valence-corrected chi connectivity index (χ3v) is 7.23. The van der Waals surface area contributed by atoms with Gasteiger partial charge in [0.05, 0.1) is 0 Å². The normalized spacial score (nSPS) is 12.9. The smallest absolute Gasteiger partial charge is 0.146 e. The van der Waals surface area contributed by atoms with E-state index in [1.54, 1.807) is 11.3 Å². The number of aliphatic hydroxyl groups excluding tert-OH is 1. The molecule has 1 aromatic carbocycles. The highest BCUT2D eigenvalue weighted by Gasteiger charge is 2.23. The third kappa shape index (κ3) is 3.05. The number of aromatic nitrogens is 2. The maximum absolute atomic E-state index is 10.9. The van der Waals surface area contributed by atoms with Gasteiger partial charge in [0, 0.05) is 16.9 Å². The molecule has 0 radical (unpaired) electrons. The van der Waals surface area contributed by atoms with Gasteiger partial charge in [-0.1, -0.05) is 18.2 Å². The van der Waals surface area contributed by atoms with Gasteiger partial charge >= 0.3 is 0 Å². The van der Waals surface area contributed by atoms with Crippen LogP contribution in [-0.2, 0) is 11.5 Å². The minimum absolute atomic E-state index is 0.402. The Bertz CT molecular complexity index is 800. The summed E-state index contributed by atoms with van der Waals surface area (Å²) in [6.07, 6.45) is -0.756. The van der Waals surface area contributed by atoms with Crippen molar-refractivity contribution in [2.75, 3.05) is 6.61 Å². The lowest BCUT2D eigenvalue weighted by molar-refractivity contribution is 0.0776. The lowest BCUT2D eigenvalue weighted by atomic mass is 10.1. The fourth-order valence-corrected chi connectivity index (χ4v) is 4.31. The number of benzene rings is 1. The van der Waals surface area contributed by atoms with Crippen LogP contribution in [0.5, 0.6) is 0 Å². The van der Waals surface area contributed by atoms with E-state index < -0.39 is 6.10 Å². The molecule has 2 heterocycles. The van der Waals surface area contributed by atoms with E-state index in [9.17, 15) is 5.11 Å². The van der Waals surface area contributed by atoms with E-state index in [-0.39, 0.29) is 0 Å². The van der Waals surface area contributed by atoms with Crippen molar-refractivity contribution in [2.24, 2.45) is 0 Å². The number of ether oxygens (including phenoxy) is 1. The number of fused-ring (bicyclic) bond motifs is 1. The van der Waals surface area contributed by atoms with Gasteiger partial charge in [-0.05, 0) is 68.9 Å². The molecule has 3 aromatic rings. The highest BCUT2D eigenvalue weighted by atomic mass is 127. The Morgan fingerprint density at radius 3 is 2.91 bits per heavy atom. The van der Waals surface area contributed by atoms with Crippen molar-refractivity contribution < 1.29 is 9.84 Å². The Morgan fingerprint density at radius 1 is 1.36 bits per heavy atom. The van der Waals surface area contributed by atoms with E-state index in [1.165, 1.54) is 4.70 Å². The summed E-state index contributed by atoms with van der Waals surface area (Å²) in [5.74, 6) is 0.630. The summed E-state index contributed by atoms with van der Waals surface area (Å²) < 4.78 is 10.5. The summed E-state index contributed by atoms with van der Waals surface area (Å²) in [4.78, 5) is 4.54. The van der Waals surface area contributed by atoms with Gasteiger partial charge in [-0.25, -0.2) is 4.98 Å². The molecule has 1 N–H and O–H groups in total. The van der Waals surface area contributed by atoms with E-state index in [2.05, 4.69) is 56.2 Å². The molecule has 0 aliphatic carbocycles. The number of hydrogen-bond donors (Lipinski definition) is 1. The summed E-state index contributed by atoms with van der Waals surface area (Å²) in [5.41, 5.74) is 0.899. The van der Waals surface area contributed by atoms with Gasteiger partial charge in [0.2, 0.25) is 0 Å². The molecule has 0 aliphatic rings. The molecular formula is C15H14I2N2O2S. The summed E-state index contributed by atoms with van der Waals surface area (Å²) >= 11 is 6.07. The first kappa shape index (κ1) is 16.6. The predicted molar refractivity (Wildman–Crippen MR) is 105 cm³/mol. The number of rotatable bonds is 5. The lowest BCUT2D eigenvalue weighted by Crippen LogP contribution is -2.13. The van der Waals surface area contributed by atoms with Gasteiger partial charge in [0.1, 0.15) is 26.1 Å². The van der Waals surface area contributed by atoms with Crippen molar-refractivity contribution in [1.82, 2.24) is 9.55 Å². The van der Waals surface area contributed by atoms with Crippen LogP contribution in [0.3, 0.4) is 0 Å². The maximum Gasteiger partial charge on any atom is 0.146 e. The van der Waals surface area contributed by atoms with Gasteiger partial charge in [-0.2, -0.15) is 0 Å². The van der Waals surface area contributed by atoms with Crippen LogP contribution < -0.4 is 0 Å². The second kappa shape index (κ2) is 7.12. The second-order valence-electron chi connectivity index (χ2n) is 4.69. The molecule has 0 aliphatic heterocycles. The first-order valence-electron chi connectivity index (χ1n) is 6.76. The van der Waals surface area contributed by atoms with Crippen molar-refractivity contribution in [3.63, 3.8) is 0 Å². The average Bonchev–Trinajstić information content (AvgIpc) is 3.07. The van der Waals surface area contributed by atoms with Gasteiger partial charge in [-0.3, -0.25) is 4.57 Å². The van der Waals surface area contributed by atoms with Crippen LogP contribution in [0.15, 0.2) is 29.6 Å². The number of aliphatic hydroxyl groups is 1. The van der Waals surface area contributed by atoms with E-state index in [0.717, 1.165) is 18.4 Å². The minimum atomic E-state index is -0.756. The summed E-state index contributed by atoms with van der Waals surface area (Å²) in [7, 11) is 0. The fourth-order valence-electron chi connectivity index (χ4n) is 2.28. The number of hydrogen-bond acceptors (Lipinski definition) is 4. The summed E-state index contributed by atoms with van der Waals surface area (Å²) in [6, 6.07) is 8.11. The Hall–Kier alpha value is -0.230. The van der Waals surface area contributed by atoms with E-state index in [1.807, 2.05) is 35.1 Å². The first-order chi connectivity index (χ1) is 10.6. The lowest BCUT2D eigenvalue weighted by Gasteiger charge is -2.13. The third-order valence-electron chi connectivity index (χ3n) is 3.37. The van der Waals surface area contributed by atoms with Crippen molar-refractivity contribution >= 4 is 66.6 Å². The SMILES string of the molecule is CCOCn1c(C(O)c2csc3ccccc23)nc(I)c1I. The predicted octanol–water partition coefficient (Wildman–Crippen LogP) is 4.38. The van der Waals surface area contributed by atoms with Gasteiger partial charge < -0.3 is 9.84 Å². The largest absolute Gasteiger partial charge is 0.380 e. The number of halogens is 2. The van der Waals surface area contributed by atoms with E-state index in [0.29, 0.717) is 19.2 Å². The number of thiophene rings is 1. The highest BCUT2D eigenvalue weighted by Crippen LogP contribution is 2.34. The van der Waals surface area contributed by atoms with Crippen LogP contribution in [-0.4, -0.2) is 21.3 Å². The van der Waals surface area contributed by atoms with Crippen LogP contribution in [0.4, 0.5) is 0 Å². The topological polar surface area (TPSA) is 47.3 Å². The Kier molecular flexibility index (Phi) is 5.38. The fraction of sp³-hybridized carbons (Fsp3) is 0.267. The minimum Gasteiger partial charge on any atom is -0.380 e. The maximum atomic E-state index is 10.9. The van der Waals surface area contributed by atoms with E-state index in [4.69, 9.17) is 4.74 Å². The molecule has 2 aromatic heterocycles. The van der Waals surface area contributed by atoms with Crippen molar-refractivity contribution in [3.05, 3.63) is 48.4 Å². The molecule has 22 heavy (non-hydrogen) atoms. The molecule has 1 unspecified atom stereocenters. The number of nitrogens with zero attached hydrogens (tertiary/aromatic N) is 2. The molecule has 0 saturated heterocycles. The molecule has 7 heteroatoms. The van der Waals surface area contributed by atoms with Gasteiger partial charge in [-0.15, -0.1) is 11.3 Å². The second-order valence-corrected chi connectivity index (χ2v) is 7.65. The Morgan fingerprint density at radius 2 is 2.14 bits per heavy atom. The summed E-state index contributed by atoms with van der Waals surface area (Å²) in [5, 5.41) is 13.9. The van der Waals surface area contributed by atoms with Crippen molar-refractivity contribution in [2.45, 2.75) is 19.8 Å². The number of imidazole rings is 1. The van der Waals surface area contributed by atoms with Crippen LogP contribution in [0.2, 0.25) is 0 Å². The zero-order chi connectivity index (χ0) is 15.7. The monoisotopic (exact) mass is 540 g/mol. The average molecular weight is 540 g/mol. The molecule has 0 saturated carbocycles. The standard InChI is InChI=1S/C15H14I2N2O2S/c1-2-21-8-19-14(17)13(16)18-15(19)12(20)10-7-22-11-6-4-3-5-9(10)11/h3-7,12,20H,2,8H2,1H3. The zero-order valence-electron chi connectivity index (χ0n) is 11.8. The molecular weight excluding hydrogens is 526 g/mol. The molecule has 0 fully saturated rings. The molecule has 3 rings (SSSR count). The first-order valence-corrected chi connectivity index (χ1v) is 9.80. The molecule has 1 atom stereocenters. The van der Waals surface area contributed by atoms with Crippen molar-refractivity contribution in [1.29, 1.82) is 0 Å². The Balaban J connectivity index is 2.05. The molecule has 0 amide bonds. The van der Waals surface area contributed by atoms with Gasteiger partial charge in [0.25, 0.3) is 0 Å².